The lowest BCUT2D eigenvalue weighted by Crippen LogP contribution is -2.43. The lowest BCUT2D eigenvalue weighted by Gasteiger charge is -2.33. The predicted octanol–water partition coefficient (Wildman–Crippen LogP) is 3.62. The molecule has 152 valence electrons. The molecule has 9 heteroatoms. The van der Waals surface area contributed by atoms with Crippen LogP contribution in [-0.4, -0.2) is 37.2 Å². The van der Waals surface area contributed by atoms with Gasteiger partial charge in [0.1, 0.15) is 5.52 Å². The average Bonchev–Trinajstić information content (AvgIpc) is 3.22. The molecule has 8 nitrogen and oxygen atoms in total. The Bertz CT molecular complexity index is 1060. The molecule has 3 heterocycles. The summed E-state index contributed by atoms with van der Waals surface area (Å²) in [5.41, 5.74) is 6.13. The third kappa shape index (κ3) is 3.22. The van der Waals surface area contributed by atoms with Gasteiger partial charge < -0.3 is 15.2 Å². The van der Waals surface area contributed by atoms with E-state index in [2.05, 4.69) is 15.0 Å². The van der Waals surface area contributed by atoms with E-state index in [-0.39, 0.29) is 23.1 Å². The van der Waals surface area contributed by atoms with Crippen LogP contribution >= 0.6 is 11.6 Å². The van der Waals surface area contributed by atoms with Gasteiger partial charge in [-0.3, -0.25) is 4.57 Å². The zero-order valence-electron chi connectivity index (χ0n) is 16.4. The van der Waals surface area contributed by atoms with Crippen LogP contribution in [0.4, 0.5) is 5.95 Å². The molecule has 0 spiro atoms. The highest BCUT2D eigenvalue weighted by molar-refractivity contribution is 6.33. The van der Waals surface area contributed by atoms with Crippen molar-refractivity contribution in [3.8, 4) is 0 Å². The van der Waals surface area contributed by atoms with E-state index in [9.17, 15) is 4.79 Å². The summed E-state index contributed by atoms with van der Waals surface area (Å²) in [4.78, 5) is 25.4. The first-order valence-corrected chi connectivity index (χ1v) is 9.82. The number of imidazole rings is 1. The van der Waals surface area contributed by atoms with E-state index in [0.29, 0.717) is 16.7 Å². The second kappa shape index (κ2) is 7.27. The number of aromatic nitrogens is 4. The average molecular weight is 416 g/mol. The summed E-state index contributed by atoms with van der Waals surface area (Å²) >= 11 is 6.17. The van der Waals surface area contributed by atoms with Crippen LogP contribution in [0.3, 0.4) is 0 Å². The minimum Gasteiger partial charge on any atom is -0.451 e. The smallest absolute Gasteiger partial charge is 0.338 e. The molecular formula is C20H22ClN5O3. The number of halogens is 1. The van der Waals surface area contributed by atoms with E-state index < -0.39 is 17.8 Å². The van der Waals surface area contributed by atoms with Crippen LogP contribution in [0.1, 0.15) is 43.8 Å². The molecule has 0 amide bonds. The first-order valence-electron chi connectivity index (χ1n) is 9.44. The van der Waals surface area contributed by atoms with Crippen LogP contribution in [0.15, 0.2) is 36.7 Å². The first-order chi connectivity index (χ1) is 13.8. The lowest BCUT2D eigenvalue weighted by atomic mass is 9.86. The maximum atomic E-state index is 12.9. The maximum absolute atomic E-state index is 12.9. The highest BCUT2D eigenvalue weighted by Crippen LogP contribution is 2.47. The zero-order chi connectivity index (χ0) is 20.8. The summed E-state index contributed by atoms with van der Waals surface area (Å²) in [6, 6.07) is 8.88. The summed E-state index contributed by atoms with van der Waals surface area (Å²) in [5, 5.41) is 0.160. The molecule has 0 aliphatic carbocycles. The van der Waals surface area contributed by atoms with Crippen molar-refractivity contribution in [1.29, 1.82) is 0 Å². The SMILES string of the molecule is CC[C@H]1O[C@@H](n2cnc3c(Cl)nc(N)nc32)[C@](C)(OC(=O)c2ccccc2)[C@@H]1C. The largest absolute Gasteiger partial charge is 0.451 e. The minimum absolute atomic E-state index is 0.0327. The van der Waals surface area contributed by atoms with Crippen molar-refractivity contribution < 1.29 is 14.3 Å². The summed E-state index contributed by atoms with van der Waals surface area (Å²) in [5.74, 6) is -0.454. The van der Waals surface area contributed by atoms with Gasteiger partial charge in [0.05, 0.1) is 18.0 Å². The predicted molar refractivity (Wildman–Crippen MR) is 108 cm³/mol. The van der Waals surface area contributed by atoms with Crippen molar-refractivity contribution in [3.05, 3.63) is 47.4 Å². The van der Waals surface area contributed by atoms with Crippen LogP contribution in [-0.2, 0) is 9.47 Å². The van der Waals surface area contributed by atoms with Crippen LogP contribution < -0.4 is 5.73 Å². The van der Waals surface area contributed by atoms with Crippen molar-refractivity contribution in [1.82, 2.24) is 19.5 Å². The number of anilines is 1. The van der Waals surface area contributed by atoms with Gasteiger partial charge in [-0.25, -0.2) is 9.78 Å². The number of esters is 1. The van der Waals surface area contributed by atoms with Crippen LogP contribution in [0.2, 0.25) is 5.15 Å². The number of carbonyl (C=O) groups excluding carboxylic acids is 1. The fraction of sp³-hybridized carbons (Fsp3) is 0.400. The Balaban J connectivity index is 1.78. The fourth-order valence-electron chi connectivity index (χ4n) is 3.85. The van der Waals surface area contributed by atoms with Crippen molar-refractivity contribution in [3.63, 3.8) is 0 Å². The molecule has 0 bridgehead atoms. The van der Waals surface area contributed by atoms with Gasteiger partial charge in [0.15, 0.2) is 22.6 Å². The van der Waals surface area contributed by atoms with Gasteiger partial charge in [-0.15, -0.1) is 0 Å². The van der Waals surface area contributed by atoms with Gasteiger partial charge in [-0.05, 0) is 25.5 Å². The molecule has 4 atom stereocenters. The number of nitrogens with two attached hydrogens (primary N) is 1. The Morgan fingerprint density at radius 3 is 2.76 bits per heavy atom. The van der Waals surface area contributed by atoms with E-state index in [1.807, 2.05) is 26.8 Å². The van der Waals surface area contributed by atoms with Gasteiger partial charge in [0.2, 0.25) is 5.95 Å². The van der Waals surface area contributed by atoms with Crippen molar-refractivity contribution in [2.45, 2.75) is 45.1 Å². The van der Waals surface area contributed by atoms with Gasteiger partial charge in [0.25, 0.3) is 0 Å². The Labute approximate surface area is 173 Å². The molecule has 1 aromatic carbocycles. The Kier molecular flexibility index (Phi) is 4.92. The van der Waals surface area contributed by atoms with E-state index in [1.165, 1.54) is 0 Å². The number of carbonyl (C=O) groups is 1. The standard InChI is InChI=1S/C20H22ClN5O3/c1-4-13-11(2)20(3,29-17(27)12-8-6-5-7-9-12)18(28-13)26-10-23-14-15(21)24-19(22)25-16(14)26/h5-11,13,18H,4H2,1-3H3,(H2,22,24,25)/t11-,13-,18-,20-/m1/s1. The molecule has 0 saturated carbocycles. The molecule has 2 N–H and O–H groups in total. The number of rotatable bonds is 4. The molecule has 3 aromatic rings. The Morgan fingerprint density at radius 2 is 2.07 bits per heavy atom. The van der Waals surface area contributed by atoms with Crippen molar-refractivity contribution in [2.24, 2.45) is 5.92 Å². The van der Waals surface area contributed by atoms with Gasteiger partial charge in [0, 0.05) is 5.92 Å². The number of hydrogen-bond donors (Lipinski definition) is 1. The number of benzene rings is 1. The molecular weight excluding hydrogens is 394 g/mol. The number of nitrogens with zero attached hydrogens (tertiary/aromatic N) is 4. The molecule has 1 aliphatic heterocycles. The van der Waals surface area contributed by atoms with Gasteiger partial charge >= 0.3 is 5.97 Å². The molecule has 1 fully saturated rings. The van der Waals surface area contributed by atoms with Crippen LogP contribution in [0, 0.1) is 5.92 Å². The fourth-order valence-corrected chi connectivity index (χ4v) is 4.07. The lowest BCUT2D eigenvalue weighted by molar-refractivity contribution is -0.0947. The third-order valence-electron chi connectivity index (χ3n) is 5.63. The molecule has 2 aromatic heterocycles. The summed E-state index contributed by atoms with van der Waals surface area (Å²) < 4.78 is 14.1. The monoisotopic (exact) mass is 415 g/mol. The Hall–Kier alpha value is -2.71. The first kappa shape index (κ1) is 19.6. The molecule has 0 unspecified atom stereocenters. The van der Waals surface area contributed by atoms with Crippen molar-refractivity contribution in [2.75, 3.05) is 5.73 Å². The minimum atomic E-state index is -0.965. The number of ether oxygens (including phenoxy) is 2. The zero-order valence-corrected chi connectivity index (χ0v) is 17.1. The second-order valence-corrected chi connectivity index (χ2v) is 7.72. The molecule has 0 radical (unpaired) electrons. The second-order valence-electron chi connectivity index (χ2n) is 7.36. The van der Waals surface area contributed by atoms with Gasteiger partial charge in [-0.1, -0.05) is 43.6 Å². The van der Waals surface area contributed by atoms with Gasteiger partial charge in [-0.2, -0.15) is 9.97 Å². The summed E-state index contributed by atoms with van der Waals surface area (Å²) in [6.07, 6.45) is 1.57. The van der Waals surface area contributed by atoms with Crippen molar-refractivity contribution >= 4 is 34.7 Å². The van der Waals surface area contributed by atoms with E-state index in [4.69, 9.17) is 26.8 Å². The molecule has 1 saturated heterocycles. The normalized spacial score (nSPS) is 26.7. The maximum Gasteiger partial charge on any atom is 0.338 e. The molecule has 4 rings (SSSR count). The van der Waals surface area contributed by atoms with E-state index >= 15 is 0 Å². The highest BCUT2D eigenvalue weighted by Gasteiger charge is 2.55. The summed E-state index contributed by atoms with van der Waals surface area (Å²) in [6.45, 7) is 5.92. The molecule has 1 aliphatic rings. The van der Waals surface area contributed by atoms with Crippen LogP contribution in [0.25, 0.3) is 11.2 Å². The Morgan fingerprint density at radius 1 is 1.34 bits per heavy atom. The highest BCUT2D eigenvalue weighted by atomic mass is 35.5. The summed E-state index contributed by atoms with van der Waals surface area (Å²) in [7, 11) is 0. The van der Waals surface area contributed by atoms with Crippen LogP contribution in [0.5, 0.6) is 0 Å². The topological polar surface area (TPSA) is 105 Å². The third-order valence-corrected chi connectivity index (χ3v) is 5.89. The van der Waals surface area contributed by atoms with E-state index in [0.717, 1.165) is 6.42 Å². The van der Waals surface area contributed by atoms with E-state index in [1.54, 1.807) is 35.2 Å². The number of hydrogen-bond acceptors (Lipinski definition) is 7. The quantitative estimate of drug-likeness (QED) is 0.512. The molecule has 29 heavy (non-hydrogen) atoms. The number of nitrogen functional groups attached to an aromatic ring is 1. The number of fused-ring (bicyclic) bond motifs is 1.